The smallest absolute Gasteiger partial charge is 0.101 e. The molecule has 0 saturated heterocycles. The topological polar surface area (TPSA) is 47.3 Å². The van der Waals surface area contributed by atoms with Crippen LogP contribution in [0, 0.1) is 11.3 Å². The monoisotopic (exact) mass is 224 g/mol. The van der Waals surface area contributed by atoms with Gasteiger partial charge < -0.3 is 10.0 Å². The maximum absolute atomic E-state index is 9.26. The number of nitriles is 1. The van der Waals surface area contributed by atoms with Crippen molar-refractivity contribution in [3.05, 3.63) is 28.8 Å². The lowest BCUT2D eigenvalue weighted by Crippen LogP contribution is -2.27. The van der Waals surface area contributed by atoms with Crippen LogP contribution in [0.3, 0.4) is 0 Å². The van der Waals surface area contributed by atoms with Gasteiger partial charge in [0.2, 0.25) is 0 Å². The average Bonchev–Trinajstić information content (AvgIpc) is 2.16. The third-order valence-corrected chi connectivity index (χ3v) is 2.26. The maximum atomic E-state index is 9.26. The minimum Gasteiger partial charge on any atom is -0.392 e. The van der Waals surface area contributed by atoms with Crippen molar-refractivity contribution in [1.82, 2.24) is 0 Å². The van der Waals surface area contributed by atoms with Crippen LogP contribution < -0.4 is 4.90 Å². The third-order valence-electron chi connectivity index (χ3n) is 2.03. The van der Waals surface area contributed by atoms with Crippen molar-refractivity contribution in [2.45, 2.75) is 13.0 Å². The predicted molar refractivity (Wildman–Crippen MR) is 61.1 cm³/mol. The van der Waals surface area contributed by atoms with Gasteiger partial charge in [0, 0.05) is 18.6 Å². The van der Waals surface area contributed by atoms with Gasteiger partial charge in [0.1, 0.15) is 6.07 Å². The summed E-state index contributed by atoms with van der Waals surface area (Å²) in [4.78, 5) is 1.81. The highest BCUT2D eigenvalue weighted by Gasteiger charge is 2.09. The van der Waals surface area contributed by atoms with Crippen molar-refractivity contribution >= 4 is 17.3 Å². The first-order valence-electron chi connectivity index (χ1n) is 4.63. The molecule has 80 valence electrons. The summed E-state index contributed by atoms with van der Waals surface area (Å²) in [6.45, 7) is 2.17. The summed E-state index contributed by atoms with van der Waals surface area (Å²) in [5.41, 5.74) is 1.30. The van der Waals surface area contributed by atoms with Crippen molar-refractivity contribution in [3.63, 3.8) is 0 Å². The summed E-state index contributed by atoms with van der Waals surface area (Å²) in [5.74, 6) is 0. The van der Waals surface area contributed by atoms with Crippen LogP contribution in [0.5, 0.6) is 0 Å². The zero-order valence-corrected chi connectivity index (χ0v) is 9.49. The standard InChI is InChI=1S/C11H13ClN2O/c1-8(15)7-14(2)11-5-10(12)4-3-9(11)6-13/h3-5,8,15H,7H2,1-2H3. The van der Waals surface area contributed by atoms with Crippen LogP contribution in [0.25, 0.3) is 0 Å². The number of aliphatic hydroxyl groups excluding tert-OH is 1. The minimum atomic E-state index is -0.444. The van der Waals surface area contributed by atoms with Gasteiger partial charge in [0.05, 0.1) is 17.4 Å². The first-order chi connectivity index (χ1) is 7.04. The van der Waals surface area contributed by atoms with Crippen LogP contribution in [-0.4, -0.2) is 24.8 Å². The number of aliphatic hydroxyl groups is 1. The van der Waals surface area contributed by atoms with Crippen molar-refractivity contribution < 1.29 is 5.11 Å². The molecule has 1 aromatic rings. The molecule has 1 rings (SSSR count). The van der Waals surface area contributed by atoms with Gasteiger partial charge in [0.15, 0.2) is 0 Å². The maximum Gasteiger partial charge on any atom is 0.101 e. The van der Waals surface area contributed by atoms with Gasteiger partial charge in [-0.3, -0.25) is 0 Å². The summed E-state index contributed by atoms with van der Waals surface area (Å²) in [5, 5.41) is 18.8. The first kappa shape index (κ1) is 11.8. The molecule has 0 fully saturated rings. The molecular formula is C11H13ClN2O. The number of benzene rings is 1. The molecule has 3 nitrogen and oxygen atoms in total. The van der Waals surface area contributed by atoms with E-state index in [0.29, 0.717) is 17.1 Å². The van der Waals surface area contributed by atoms with Crippen molar-refractivity contribution in [3.8, 4) is 6.07 Å². The van der Waals surface area contributed by atoms with E-state index < -0.39 is 6.10 Å². The summed E-state index contributed by atoms with van der Waals surface area (Å²) >= 11 is 5.86. The number of nitrogens with zero attached hydrogens (tertiary/aromatic N) is 2. The molecule has 1 atom stereocenters. The molecular weight excluding hydrogens is 212 g/mol. The predicted octanol–water partition coefficient (Wildman–Crippen LogP) is 2.03. The normalized spacial score (nSPS) is 11.9. The summed E-state index contributed by atoms with van der Waals surface area (Å²) in [7, 11) is 1.82. The molecule has 0 aliphatic carbocycles. The van der Waals surface area contributed by atoms with Gasteiger partial charge in [-0.1, -0.05) is 11.6 Å². The Kier molecular flexibility index (Phi) is 3.96. The molecule has 0 bridgehead atoms. The Balaban J connectivity index is 3.01. The largest absolute Gasteiger partial charge is 0.392 e. The lowest BCUT2D eigenvalue weighted by Gasteiger charge is -2.22. The third kappa shape index (κ3) is 3.12. The highest BCUT2D eigenvalue weighted by Crippen LogP contribution is 2.23. The molecule has 0 heterocycles. The molecule has 0 saturated carbocycles. The average molecular weight is 225 g/mol. The molecule has 0 spiro atoms. The second-order valence-corrected chi connectivity index (χ2v) is 3.94. The first-order valence-corrected chi connectivity index (χ1v) is 5.01. The van der Waals surface area contributed by atoms with Crippen molar-refractivity contribution in [1.29, 1.82) is 5.26 Å². The Morgan fingerprint density at radius 2 is 2.27 bits per heavy atom. The van der Waals surface area contributed by atoms with E-state index in [1.54, 1.807) is 25.1 Å². The van der Waals surface area contributed by atoms with Gasteiger partial charge in [-0.25, -0.2) is 0 Å². The molecule has 4 heteroatoms. The van der Waals surface area contributed by atoms with E-state index in [2.05, 4.69) is 6.07 Å². The van der Waals surface area contributed by atoms with Gasteiger partial charge >= 0.3 is 0 Å². The van der Waals surface area contributed by atoms with E-state index in [-0.39, 0.29) is 0 Å². The van der Waals surface area contributed by atoms with Crippen molar-refractivity contribution in [2.24, 2.45) is 0 Å². The number of likely N-dealkylation sites (N-methyl/N-ethyl adjacent to an activating group) is 1. The molecule has 0 aliphatic heterocycles. The molecule has 1 N–H and O–H groups in total. The minimum absolute atomic E-state index is 0.444. The van der Waals surface area contributed by atoms with E-state index in [1.807, 2.05) is 11.9 Å². The van der Waals surface area contributed by atoms with E-state index in [9.17, 15) is 5.11 Å². The molecule has 0 radical (unpaired) electrons. The summed E-state index contributed by atoms with van der Waals surface area (Å²) in [6, 6.07) is 7.18. The second-order valence-electron chi connectivity index (χ2n) is 3.50. The molecule has 1 aromatic carbocycles. The zero-order valence-electron chi connectivity index (χ0n) is 8.74. The quantitative estimate of drug-likeness (QED) is 0.855. The van der Waals surface area contributed by atoms with Crippen LogP contribution in [0.4, 0.5) is 5.69 Å². The van der Waals surface area contributed by atoms with Crippen LogP contribution in [0.2, 0.25) is 5.02 Å². The Bertz CT molecular complexity index is 385. The van der Waals surface area contributed by atoms with Crippen LogP contribution in [0.1, 0.15) is 12.5 Å². The number of rotatable bonds is 3. The number of anilines is 1. The number of hydrogen-bond donors (Lipinski definition) is 1. The van der Waals surface area contributed by atoms with E-state index in [4.69, 9.17) is 16.9 Å². The van der Waals surface area contributed by atoms with Gasteiger partial charge in [-0.05, 0) is 25.1 Å². The fourth-order valence-electron chi connectivity index (χ4n) is 1.41. The summed E-state index contributed by atoms with van der Waals surface area (Å²) in [6.07, 6.45) is -0.444. The van der Waals surface area contributed by atoms with Crippen LogP contribution >= 0.6 is 11.6 Å². The second kappa shape index (κ2) is 5.01. The Morgan fingerprint density at radius 3 is 2.80 bits per heavy atom. The van der Waals surface area contributed by atoms with Gasteiger partial charge in [-0.15, -0.1) is 0 Å². The van der Waals surface area contributed by atoms with Crippen LogP contribution in [-0.2, 0) is 0 Å². The molecule has 0 aromatic heterocycles. The van der Waals surface area contributed by atoms with E-state index in [1.165, 1.54) is 0 Å². The lowest BCUT2D eigenvalue weighted by atomic mass is 10.1. The zero-order chi connectivity index (χ0) is 11.4. The lowest BCUT2D eigenvalue weighted by molar-refractivity contribution is 0.201. The Morgan fingerprint density at radius 1 is 1.60 bits per heavy atom. The fraction of sp³-hybridized carbons (Fsp3) is 0.364. The highest BCUT2D eigenvalue weighted by atomic mass is 35.5. The highest BCUT2D eigenvalue weighted by molar-refractivity contribution is 6.30. The number of halogens is 1. The Labute approximate surface area is 94.5 Å². The Hall–Kier alpha value is -1.24. The van der Waals surface area contributed by atoms with Gasteiger partial charge in [-0.2, -0.15) is 5.26 Å². The van der Waals surface area contributed by atoms with Crippen LogP contribution in [0.15, 0.2) is 18.2 Å². The van der Waals surface area contributed by atoms with E-state index >= 15 is 0 Å². The molecule has 0 aliphatic rings. The molecule has 1 unspecified atom stereocenters. The summed E-state index contributed by atoms with van der Waals surface area (Å²) < 4.78 is 0. The fourth-order valence-corrected chi connectivity index (χ4v) is 1.58. The van der Waals surface area contributed by atoms with E-state index in [0.717, 1.165) is 5.69 Å². The molecule has 15 heavy (non-hydrogen) atoms. The molecule has 0 amide bonds. The number of hydrogen-bond acceptors (Lipinski definition) is 3. The SMILES string of the molecule is CC(O)CN(C)c1cc(Cl)ccc1C#N. The van der Waals surface area contributed by atoms with Crippen molar-refractivity contribution in [2.75, 3.05) is 18.5 Å². The van der Waals surface area contributed by atoms with Gasteiger partial charge in [0.25, 0.3) is 0 Å².